The number of hydrogen-bond acceptors (Lipinski definition) is 3. The molecule has 1 aliphatic heterocycles. The Hall–Kier alpha value is -1.62. The van der Waals surface area contributed by atoms with E-state index in [1.165, 1.54) is 17.0 Å². The molecule has 1 heterocycles. The summed E-state index contributed by atoms with van der Waals surface area (Å²) in [6.45, 7) is 2.57. The highest BCUT2D eigenvalue weighted by atomic mass is 19.1. The number of ether oxygens (including phenoxy) is 1. The first kappa shape index (κ1) is 11.9. The van der Waals surface area contributed by atoms with E-state index in [0.717, 1.165) is 0 Å². The smallest absolute Gasteiger partial charge is 0.268 e. The lowest BCUT2D eigenvalue weighted by Crippen LogP contribution is -2.47. The standard InChI is InChI=1S/C12H15FN2O2/c1-2-10-12(16)15(6-5-14)9-7-8(13)3-4-11(9)17-10/h3-4,7,10H,2,5-6,14H2,1H3. The molecular weight excluding hydrogens is 223 g/mol. The van der Waals surface area contributed by atoms with Gasteiger partial charge in [-0.2, -0.15) is 0 Å². The van der Waals surface area contributed by atoms with E-state index < -0.39 is 11.9 Å². The van der Waals surface area contributed by atoms with Gasteiger partial charge in [-0.1, -0.05) is 6.92 Å². The third-order valence-electron chi connectivity index (χ3n) is 2.75. The van der Waals surface area contributed by atoms with Crippen molar-refractivity contribution in [3.05, 3.63) is 24.0 Å². The lowest BCUT2D eigenvalue weighted by atomic mass is 10.1. The highest BCUT2D eigenvalue weighted by Gasteiger charge is 2.32. The molecule has 4 nitrogen and oxygen atoms in total. The average molecular weight is 238 g/mol. The Morgan fingerprint density at radius 2 is 2.29 bits per heavy atom. The lowest BCUT2D eigenvalue weighted by Gasteiger charge is -2.33. The molecule has 0 fully saturated rings. The van der Waals surface area contributed by atoms with Crippen LogP contribution in [0.3, 0.4) is 0 Å². The largest absolute Gasteiger partial charge is 0.478 e. The molecule has 1 aliphatic rings. The second-order valence-electron chi connectivity index (χ2n) is 3.91. The van der Waals surface area contributed by atoms with E-state index in [2.05, 4.69) is 0 Å². The summed E-state index contributed by atoms with van der Waals surface area (Å²) in [6, 6.07) is 4.17. The summed E-state index contributed by atoms with van der Waals surface area (Å²) in [4.78, 5) is 13.5. The van der Waals surface area contributed by atoms with E-state index in [1.807, 2.05) is 6.92 Å². The van der Waals surface area contributed by atoms with Gasteiger partial charge in [0.05, 0.1) is 5.69 Å². The van der Waals surface area contributed by atoms with E-state index in [-0.39, 0.29) is 5.91 Å². The van der Waals surface area contributed by atoms with Gasteiger partial charge in [-0.05, 0) is 18.6 Å². The quantitative estimate of drug-likeness (QED) is 0.863. The first-order chi connectivity index (χ1) is 8.17. The minimum Gasteiger partial charge on any atom is -0.478 e. The van der Waals surface area contributed by atoms with Gasteiger partial charge in [0.15, 0.2) is 6.10 Å². The van der Waals surface area contributed by atoms with Gasteiger partial charge < -0.3 is 15.4 Å². The number of anilines is 1. The van der Waals surface area contributed by atoms with Crippen molar-refractivity contribution < 1.29 is 13.9 Å². The van der Waals surface area contributed by atoms with Crippen LogP contribution in [-0.2, 0) is 4.79 Å². The monoisotopic (exact) mass is 238 g/mol. The summed E-state index contributed by atoms with van der Waals surface area (Å²) < 4.78 is 18.7. The number of halogens is 1. The molecule has 0 saturated carbocycles. The Balaban J connectivity index is 2.43. The van der Waals surface area contributed by atoms with Crippen LogP contribution in [0.25, 0.3) is 0 Å². The number of rotatable bonds is 3. The van der Waals surface area contributed by atoms with Gasteiger partial charge in [0.25, 0.3) is 5.91 Å². The molecule has 17 heavy (non-hydrogen) atoms. The van der Waals surface area contributed by atoms with E-state index in [4.69, 9.17) is 10.5 Å². The van der Waals surface area contributed by atoms with Crippen LogP contribution in [0.2, 0.25) is 0 Å². The first-order valence-corrected chi connectivity index (χ1v) is 5.65. The molecular formula is C12H15FN2O2. The van der Waals surface area contributed by atoms with Crippen LogP contribution in [0.4, 0.5) is 10.1 Å². The molecule has 1 unspecified atom stereocenters. The third-order valence-corrected chi connectivity index (χ3v) is 2.75. The van der Waals surface area contributed by atoms with Crippen LogP contribution in [0.1, 0.15) is 13.3 Å². The molecule has 0 aliphatic carbocycles. The topological polar surface area (TPSA) is 55.6 Å². The van der Waals surface area contributed by atoms with Gasteiger partial charge in [0, 0.05) is 19.2 Å². The zero-order chi connectivity index (χ0) is 12.4. The highest BCUT2D eigenvalue weighted by molar-refractivity contribution is 6.00. The SMILES string of the molecule is CCC1Oc2ccc(F)cc2N(CCN)C1=O. The van der Waals surface area contributed by atoms with Gasteiger partial charge in [-0.25, -0.2) is 4.39 Å². The van der Waals surface area contributed by atoms with Crippen molar-refractivity contribution in [1.29, 1.82) is 0 Å². The van der Waals surface area contributed by atoms with Gasteiger partial charge in [-0.15, -0.1) is 0 Å². The summed E-state index contributed by atoms with van der Waals surface area (Å²) >= 11 is 0. The second-order valence-corrected chi connectivity index (χ2v) is 3.91. The van der Waals surface area contributed by atoms with Gasteiger partial charge >= 0.3 is 0 Å². The zero-order valence-corrected chi connectivity index (χ0v) is 9.65. The summed E-state index contributed by atoms with van der Waals surface area (Å²) in [6.07, 6.45) is 0.0796. The Morgan fingerprint density at radius 3 is 2.94 bits per heavy atom. The molecule has 2 rings (SSSR count). The Labute approximate surface area is 99.2 Å². The maximum absolute atomic E-state index is 13.2. The van der Waals surface area contributed by atoms with Crippen molar-refractivity contribution >= 4 is 11.6 Å². The molecule has 0 bridgehead atoms. The van der Waals surface area contributed by atoms with Crippen LogP contribution >= 0.6 is 0 Å². The van der Waals surface area contributed by atoms with Gasteiger partial charge in [0.2, 0.25) is 0 Å². The Kier molecular flexibility index (Phi) is 3.28. The van der Waals surface area contributed by atoms with Gasteiger partial charge in [-0.3, -0.25) is 4.79 Å². The molecule has 0 saturated heterocycles. The predicted octanol–water partition coefficient (Wildman–Crippen LogP) is 1.29. The molecule has 0 aromatic heterocycles. The van der Waals surface area contributed by atoms with Crippen LogP contribution in [0.15, 0.2) is 18.2 Å². The molecule has 1 amide bonds. The minimum absolute atomic E-state index is 0.156. The number of carbonyl (C=O) groups excluding carboxylic acids is 1. The predicted molar refractivity (Wildman–Crippen MR) is 62.5 cm³/mol. The van der Waals surface area contributed by atoms with Crippen molar-refractivity contribution in [2.24, 2.45) is 5.73 Å². The van der Waals surface area contributed by atoms with Crippen molar-refractivity contribution in [1.82, 2.24) is 0 Å². The normalized spacial score (nSPS) is 18.9. The maximum Gasteiger partial charge on any atom is 0.268 e. The number of amides is 1. The zero-order valence-electron chi connectivity index (χ0n) is 9.65. The molecule has 1 aromatic rings. The van der Waals surface area contributed by atoms with Crippen LogP contribution < -0.4 is 15.4 Å². The Morgan fingerprint density at radius 1 is 1.53 bits per heavy atom. The van der Waals surface area contributed by atoms with Gasteiger partial charge in [0.1, 0.15) is 11.6 Å². The third kappa shape index (κ3) is 2.10. The van der Waals surface area contributed by atoms with Crippen LogP contribution in [-0.4, -0.2) is 25.1 Å². The maximum atomic E-state index is 13.2. The van der Waals surface area contributed by atoms with Crippen LogP contribution in [0, 0.1) is 5.82 Å². The van der Waals surface area contributed by atoms with E-state index in [1.54, 1.807) is 6.07 Å². The Bertz CT molecular complexity index is 437. The van der Waals surface area contributed by atoms with Crippen molar-refractivity contribution in [3.63, 3.8) is 0 Å². The number of hydrogen-bond donors (Lipinski definition) is 1. The molecule has 5 heteroatoms. The number of nitrogens with zero attached hydrogens (tertiary/aromatic N) is 1. The number of fused-ring (bicyclic) bond motifs is 1. The van der Waals surface area contributed by atoms with Crippen molar-refractivity contribution in [3.8, 4) is 5.75 Å². The molecule has 2 N–H and O–H groups in total. The average Bonchev–Trinajstić information content (AvgIpc) is 2.33. The summed E-state index contributed by atoms with van der Waals surface area (Å²) in [5.41, 5.74) is 5.94. The molecule has 92 valence electrons. The number of carbonyl (C=O) groups is 1. The molecule has 0 radical (unpaired) electrons. The van der Waals surface area contributed by atoms with Crippen molar-refractivity contribution in [2.75, 3.05) is 18.0 Å². The van der Waals surface area contributed by atoms with Crippen molar-refractivity contribution in [2.45, 2.75) is 19.4 Å². The molecule has 0 spiro atoms. The number of benzene rings is 1. The lowest BCUT2D eigenvalue weighted by molar-refractivity contribution is -0.126. The highest BCUT2D eigenvalue weighted by Crippen LogP contribution is 2.34. The summed E-state index contributed by atoms with van der Waals surface area (Å²) in [7, 11) is 0. The summed E-state index contributed by atoms with van der Waals surface area (Å²) in [5, 5.41) is 0. The second kappa shape index (κ2) is 4.71. The fourth-order valence-corrected chi connectivity index (χ4v) is 1.92. The molecule has 1 atom stereocenters. The first-order valence-electron chi connectivity index (χ1n) is 5.65. The van der Waals surface area contributed by atoms with E-state index in [0.29, 0.717) is 30.9 Å². The van der Waals surface area contributed by atoms with Crippen LogP contribution in [0.5, 0.6) is 5.75 Å². The number of nitrogens with two attached hydrogens (primary N) is 1. The van der Waals surface area contributed by atoms with E-state index in [9.17, 15) is 9.18 Å². The fraction of sp³-hybridized carbons (Fsp3) is 0.417. The summed E-state index contributed by atoms with van der Waals surface area (Å²) in [5.74, 6) is -0.0144. The van der Waals surface area contributed by atoms with E-state index >= 15 is 0 Å². The fourth-order valence-electron chi connectivity index (χ4n) is 1.92. The minimum atomic E-state index is -0.500. The molecule has 1 aromatic carbocycles.